The summed E-state index contributed by atoms with van der Waals surface area (Å²) in [6, 6.07) is 3.65. The Kier molecular flexibility index (Phi) is 3.09. The third-order valence-electron chi connectivity index (χ3n) is 3.16. The van der Waals surface area contributed by atoms with Crippen molar-refractivity contribution in [3.63, 3.8) is 0 Å². The Morgan fingerprint density at radius 1 is 1.36 bits per heavy atom. The van der Waals surface area contributed by atoms with E-state index in [0.717, 1.165) is 12.1 Å². The van der Waals surface area contributed by atoms with E-state index in [9.17, 15) is 23.5 Å². The van der Waals surface area contributed by atoms with Gasteiger partial charge in [0.2, 0.25) is 0 Å². The Balaban J connectivity index is 2.50. The van der Waals surface area contributed by atoms with Crippen LogP contribution in [0.3, 0.4) is 0 Å². The van der Waals surface area contributed by atoms with E-state index in [1.807, 2.05) is 0 Å². The Morgan fingerprint density at radius 3 is 2.73 bits per heavy atom. The molecule has 0 radical (unpaired) electrons. The van der Waals surface area contributed by atoms with Crippen molar-refractivity contribution in [2.24, 2.45) is 0 Å². The van der Waals surface area contributed by atoms with E-state index in [4.69, 9.17) is 4.42 Å². The van der Waals surface area contributed by atoms with Crippen molar-refractivity contribution >= 4 is 27.9 Å². The van der Waals surface area contributed by atoms with E-state index in [1.165, 1.54) is 6.07 Å². The summed E-state index contributed by atoms with van der Waals surface area (Å²) in [5.41, 5.74) is -0.407. The Labute approximate surface area is 120 Å². The average Bonchev–Trinajstić information content (AvgIpc) is 2.77. The summed E-state index contributed by atoms with van der Waals surface area (Å²) in [6.45, 7) is -1.49. The number of benzene rings is 1. The lowest BCUT2D eigenvalue weighted by Gasteiger charge is -2.05. The Morgan fingerprint density at radius 2 is 2.09 bits per heavy atom. The molecule has 2 heterocycles. The van der Waals surface area contributed by atoms with Crippen LogP contribution >= 0.6 is 0 Å². The summed E-state index contributed by atoms with van der Waals surface area (Å²) in [5, 5.41) is 9.15. The third kappa shape index (κ3) is 2.09. The van der Waals surface area contributed by atoms with Crippen LogP contribution in [0.15, 0.2) is 27.4 Å². The lowest BCUT2D eigenvalue weighted by Crippen LogP contribution is -2.08. The topological polar surface area (TPSA) is 92.5 Å². The van der Waals surface area contributed by atoms with Crippen LogP contribution in [-0.2, 0) is 0 Å². The number of fused-ring (bicyclic) bond motifs is 3. The number of aromatic amines is 1. The normalized spacial score (nSPS) is 11.5. The van der Waals surface area contributed by atoms with Crippen molar-refractivity contribution in [2.75, 3.05) is 0 Å². The molecule has 0 atom stereocenters. The van der Waals surface area contributed by atoms with E-state index in [1.54, 1.807) is 6.92 Å². The molecule has 114 valence electrons. The number of aryl methyl sites for hydroxylation is 1. The maximum Gasteiger partial charge on any atom is 0.387 e. The minimum atomic E-state index is -3.10. The fourth-order valence-corrected chi connectivity index (χ4v) is 2.37. The molecular formula is C14H9F2NO5. The molecule has 22 heavy (non-hydrogen) atoms. The highest BCUT2D eigenvalue weighted by Crippen LogP contribution is 2.36. The number of nitrogens with one attached hydrogen (secondary N) is 1. The molecule has 0 amide bonds. The molecule has 8 heteroatoms. The number of hydrogen-bond donors (Lipinski definition) is 2. The number of pyridine rings is 1. The molecule has 0 aliphatic rings. The van der Waals surface area contributed by atoms with Crippen LogP contribution in [0, 0.1) is 6.92 Å². The maximum atomic E-state index is 12.5. The Hall–Kier alpha value is -2.90. The zero-order valence-electron chi connectivity index (χ0n) is 11.1. The molecule has 1 aromatic carbocycles. The van der Waals surface area contributed by atoms with Gasteiger partial charge in [-0.15, -0.1) is 0 Å². The van der Waals surface area contributed by atoms with Crippen molar-refractivity contribution < 1.29 is 27.8 Å². The third-order valence-corrected chi connectivity index (χ3v) is 3.16. The largest absolute Gasteiger partial charge is 0.478 e. The van der Waals surface area contributed by atoms with Crippen LogP contribution in [0.5, 0.6) is 5.75 Å². The molecule has 0 unspecified atom stereocenters. The van der Waals surface area contributed by atoms with Gasteiger partial charge in [-0.05, 0) is 19.1 Å². The van der Waals surface area contributed by atoms with Crippen LogP contribution in [0.4, 0.5) is 8.78 Å². The van der Waals surface area contributed by atoms with E-state index in [2.05, 4.69) is 9.72 Å². The predicted octanol–water partition coefficient (Wildman–Crippen LogP) is 2.88. The minimum absolute atomic E-state index is 0.0160. The number of aromatic nitrogens is 1. The minimum Gasteiger partial charge on any atom is -0.478 e. The van der Waals surface area contributed by atoms with Gasteiger partial charge in [-0.2, -0.15) is 8.78 Å². The molecule has 0 spiro atoms. The highest BCUT2D eigenvalue weighted by atomic mass is 19.3. The van der Waals surface area contributed by atoms with Gasteiger partial charge in [-0.3, -0.25) is 4.79 Å². The first-order valence-electron chi connectivity index (χ1n) is 6.15. The van der Waals surface area contributed by atoms with Gasteiger partial charge in [-0.25, -0.2) is 4.79 Å². The lowest BCUT2D eigenvalue weighted by atomic mass is 10.1. The van der Waals surface area contributed by atoms with Crippen molar-refractivity contribution in [3.05, 3.63) is 39.8 Å². The van der Waals surface area contributed by atoms with E-state index < -0.39 is 18.1 Å². The number of alkyl halides is 2. The number of ether oxygens (including phenoxy) is 1. The quantitative estimate of drug-likeness (QED) is 0.776. The highest BCUT2D eigenvalue weighted by Gasteiger charge is 2.22. The number of carboxylic acid groups (broad SMARTS) is 1. The number of carbonyl (C=O) groups is 1. The summed E-state index contributed by atoms with van der Waals surface area (Å²) in [7, 11) is 0. The second kappa shape index (κ2) is 4.83. The SMILES string of the molecule is Cc1cc2oc3c(OC(F)F)ccc(C(=O)O)c3c2c(=O)[nH]1. The summed E-state index contributed by atoms with van der Waals surface area (Å²) >= 11 is 0. The van der Waals surface area contributed by atoms with Crippen molar-refractivity contribution in [3.8, 4) is 5.75 Å². The zero-order valence-corrected chi connectivity index (χ0v) is 11.1. The summed E-state index contributed by atoms with van der Waals surface area (Å²) in [6.07, 6.45) is 0. The smallest absolute Gasteiger partial charge is 0.387 e. The molecule has 0 bridgehead atoms. The van der Waals surface area contributed by atoms with E-state index in [0.29, 0.717) is 5.69 Å². The standard InChI is InChI=1S/C14H9F2NO5/c1-5-4-8-10(12(18)17-5)9-6(13(19)20)2-3-7(11(9)21-8)22-14(15)16/h2-4,14H,1H3,(H,17,18)(H,19,20). The van der Waals surface area contributed by atoms with Crippen molar-refractivity contribution in [1.29, 1.82) is 0 Å². The molecule has 0 saturated carbocycles. The fraction of sp³-hybridized carbons (Fsp3) is 0.143. The second-order valence-corrected chi connectivity index (χ2v) is 4.62. The summed E-state index contributed by atoms with van der Waals surface area (Å²) in [5.74, 6) is -1.64. The molecule has 0 aliphatic carbocycles. The molecule has 0 saturated heterocycles. The van der Waals surface area contributed by atoms with Crippen LogP contribution in [0.1, 0.15) is 16.1 Å². The maximum absolute atomic E-state index is 12.5. The fourth-order valence-electron chi connectivity index (χ4n) is 2.37. The first-order chi connectivity index (χ1) is 10.4. The second-order valence-electron chi connectivity index (χ2n) is 4.62. The van der Waals surface area contributed by atoms with Gasteiger partial charge in [0.1, 0.15) is 5.58 Å². The van der Waals surface area contributed by atoms with Gasteiger partial charge in [-0.1, -0.05) is 0 Å². The highest BCUT2D eigenvalue weighted by molar-refractivity contribution is 6.15. The Bertz CT molecular complexity index is 957. The molecular weight excluding hydrogens is 300 g/mol. The van der Waals surface area contributed by atoms with Crippen LogP contribution in [0.2, 0.25) is 0 Å². The van der Waals surface area contributed by atoms with Gasteiger partial charge in [0.15, 0.2) is 11.3 Å². The van der Waals surface area contributed by atoms with Gasteiger partial charge in [0.25, 0.3) is 5.56 Å². The number of H-pyrrole nitrogens is 1. The summed E-state index contributed by atoms with van der Waals surface area (Å²) < 4.78 is 34.6. The first kappa shape index (κ1) is 14.1. The zero-order chi connectivity index (χ0) is 16.0. The number of rotatable bonds is 3. The number of aromatic carboxylic acids is 1. The lowest BCUT2D eigenvalue weighted by molar-refractivity contribution is -0.0493. The molecule has 3 aromatic rings. The van der Waals surface area contributed by atoms with Gasteiger partial charge < -0.3 is 19.2 Å². The molecule has 3 rings (SSSR count). The molecule has 6 nitrogen and oxygen atoms in total. The predicted molar refractivity (Wildman–Crippen MR) is 72.7 cm³/mol. The summed E-state index contributed by atoms with van der Waals surface area (Å²) in [4.78, 5) is 25.9. The average molecular weight is 309 g/mol. The molecule has 0 fully saturated rings. The van der Waals surface area contributed by atoms with E-state index >= 15 is 0 Å². The number of furan rings is 1. The monoisotopic (exact) mass is 309 g/mol. The molecule has 0 aliphatic heterocycles. The van der Waals surface area contributed by atoms with Gasteiger partial charge >= 0.3 is 12.6 Å². The molecule has 2 aromatic heterocycles. The number of hydrogen-bond acceptors (Lipinski definition) is 4. The number of halogens is 2. The van der Waals surface area contributed by atoms with Crippen LogP contribution < -0.4 is 10.3 Å². The number of carboxylic acids is 1. The van der Waals surface area contributed by atoms with Crippen molar-refractivity contribution in [2.45, 2.75) is 13.5 Å². The first-order valence-corrected chi connectivity index (χ1v) is 6.15. The van der Waals surface area contributed by atoms with Gasteiger partial charge in [0.05, 0.1) is 16.3 Å². The van der Waals surface area contributed by atoms with Crippen molar-refractivity contribution in [1.82, 2.24) is 4.98 Å². The van der Waals surface area contributed by atoms with Crippen LogP contribution in [0.25, 0.3) is 21.9 Å². The molecule has 2 N–H and O–H groups in total. The van der Waals surface area contributed by atoms with Gasteiger partial charge in [0, 0.05) is 11.8 Å². The van der Waals surface area contributed by atoms with Crippen LogP contribution in [-0.4, -0.2) is 22.7 Å². The van der Waals surface area contributed by atoms with E-state index in [-0.39, 0.29) is 33.3 Å².